The Morgan fingerprint density at radius 3 is 2.44 bits per heavy atom. The van der Waals surface area contributed by atoms with Crippen LogP contribution in [0.5, 0.6) is 0 Å². The molecule has 1 unspecified atom stereocenters. The maximum Gasteiger partial charge on any atom is 0.191 e. The van der Waals surface area contributed by atoms with Gasteiger partial charge in [-0.05, 0) is 30.2 Å². The molecule has 1 heterocycles. The van der Waals surface area contributed by atoms with Gasteiger partial charge in [-0.3, -0.25) is 9.89 Å². The Morgan fingerprint density at radius 1 is 1.19 bits per heavy atom. The van der Waals surface area contributed by atoms with Gasteiger partial charge < -0.3 is 15.4 Å². The SMILES string of the molecule is CCC1(CNC(=NC)NCC(c2ccccc2)N2CCOCC2)CCC1.I. The van der Waals surface area contributed by atoms with Crippen molar-refractivity contribution in [1.82, 2.24) is 15.5 Å². The number of guanidine groups is 1. The first kappa shape index (κ1) is 22.4. The summed E-state index contributed by atoms with van der Waals surface area (Å²) in [7, 11) is 1.86. The van der Waals surface area contributed by atoms with Crippen LogP contribution in [0, 0.1) is 5.41 Å². The highest BCUT2D eigenvalue weighted by Crippen LogP contribution is 2.42. The van der Waals surface area contributed by atoms with E-state index in [0.29, 0.717) is 11.5 Å². The van der Waals surface area contributed by atoms with Crippen LogP contribution in [-0.2, 0) is 4.74 Å². The normalized spacial score (nSPS) is 20.9. The highest BCUT2D eigenvalue weighted by Gasteiger charge is 2.35. The molecule has 5 nitrogen and oxygen atoms in total. The molecule has 2 N–H and O–H groups in total. The number of nitrogens with zero attached hydrogens (tertiary/aromatic N) is 2. The molecule has 0 bridgehead atoms. The molecule has 0 amide bonds. The second-order valence-corrected chi connectivity index (χ2v) is 7.59. The van der Waals surface area contributed by atoms with Crippen molar-refractivity contribution in [2.75, 3.05) is 46.4 Å². The van der Waals surface area contributed by atoms with Crippen molar-refractivity contribution in [2.24, 2.45) is 10.4 Å². The zero-order valence-corrected chi connectivity index (χ0v) is 19.1. The molecule has 6 heteroatoms. The van der Waals surface area contributed by atoms with E-state index in [0.717, 1.165) is 45.4 Å². The number of nitrogens with one attached hydrogen (secondary N) is 2. The van der Waals surface area contributed by atoms with Crippen LogP contribution >= 0.6 is 24.0 Å². The Labute approximate surface area is 181 Å². The molecule has 1 saturated heterocycles. The maximum atomic E-state index is 5.54. The van der Waals surface area contributed by atoms with Crippen LogP contribution in [0.15, 0.2) is 35.3 Å². The number of hydrogen-bond acceptors (Lipinski definition) is 3. The van der Waals surface area contributed by atoms with Crippen molar-refractivity contribution in [1.29, 1.82) is 0 Å². The van der Waals surface area contributed by atoms with E-state index >= 15 is 0 Å². The van der Waals surface area contributed by atoms with Crippen molar-refractivity contribution >= 4 is 29.9 Å². The topological polar surface area (TPSA) is 48.9 Å². The zero-order chi connectivity index (χ0) is 18.2. The van der Waals surface area contributed by atoms with Crippen LogP contribution in [0.3, 0.4) is 0 Å². The summed E-state index contributed by atoms with van der Waals surface area (Å²) in [6, 6.07) is 11.1. The predicted octanol–water partition coefficient (Wildman–Crippen LogP) is 3.42. The summed E-state index contributed by atoms with van der Waals surface area (Å²) in [5, 5.41) is 7.14. The third-order valence-corrected chi connectivity index (χ3v) is 6.15. The van der Waals surface area contributed by atoms with Crippen molar-refractivity contribution in [3.8, 4) is 0 Å². The lowest BCUT2D eigenvalue weighted by molar-refractivity contribution is 0.0170. The number of morpholine rings is 1. The van der Waals surface area contributed by atoms with Gasteiger partial charge in [-0.1, -0.05) is 43.7 Å². The number of aliphatic imine (C=N–C) groups is 1. The van der Waals surface area contributed by atoms with Crippen LogP contribution in [0.4, 0.5) is 0 Å². The quantitative estimate of drug-likeness (QED) is 0.353. The first-order chi connectivity index (χ1) is 12.8. The van der Waals surface area contributed by atoms with E-state index in [1.807, 2.05) is 7.05 Å². The average Bonchev–Trinajstić information content (AvgIpc) is 2.67. The molecule has 27 heavy (non-hydrogen) atoms. The van der Waals surface area contributed by atoms with Gasteiger partial charge in [0.2, 0.25) is 0 Å². The molecule has 3 rings (SSSR count). The summed E-state index contributed by atoms with van der Waals surface area (Å²) >= 11 is 0. The van der Waals surface area contributed by atoms with Gasteiger partial charge in [0.1, 0.15) is 0 Å². The molecule has 1 aliphatic carbocycles. The number of ether oxygens (including phenoxy) is 1. The minimum Gasteiger partial charge on any atom is -0.379 e. The van der Waals surface area contributed by atoms with E-state index in [4.69, 9.17) is 4.74 Å². The van der Waals surface area contributed by atoms with E-state index in [1.54, 1.807) is 0 Å². The van der Waals surface area contributed by atoms with Crippen molar-refractivity contribution < 1.29 is 4.74 Å². The average molecular weight is 486 g/mol. The lowest BCUT2D eigenvalue weighted by atomic mass is 9.67. The van der Waals surface area contributed by atoms with Gasteiger partial charge in [-0.15, -0.1) is 24.0 Å². The monoisotopic (exact) mass is 486 g/mol. The molecule has 0 aromatic heterocycles. The molecule has 1 atom stereocenters. The fourth-order valence-electron chi connectivity index (χ4n) is 4.04. The Hall–Kier alpha value is -0.860. The molecular weight excluding hydrogens is 451 g/mol. The predicted molar refractivity (Wildman–Crippen MR) is 123 cm³/mol. The van der Waals surface area contributed by atoms with E-state index < -0.39 is 0 Å². The third kappa shape index (κ3) is 6.06. The molecule has 2 aliphatic rings. The van der Waals surface area contributed by atoms with E-state index in [9.17, 15) is 0 Å². The summed E-state index contributed by atoms with van der Waals surface area (Å²) < 4.78 is 5.54. The fraction of sp³-hybridized carbons (Fsp3) is 0.667. The van der Waals surface area contributed by atoms with Crippen LogP contribution in [0.2, 0.25) is 0 Å². The third-order valence-electron chi connectivity index (χ3n) is 6.15. The highest BCUT2D eigenvalue weighted by atomic mass is 127. The summed E-state index contributed by atoms with van der Waals surface area (Å²) in [4.78, 5) is 6.96. The minimum absolute atomic E-state index is 0. The molecule has 1 saturated carbocycles. The molecule has 2 fully saturated rings. The molecule has 0 spiro atoms. The smallest absolute Gasteiger partial charge is 0.191 e. The van der Waals surface area contributed by atoms with Crippen molar-refractivity contribution in [3.05, 3.63) is 35.9 Å². The summed E-state index contributed by atoms with van der Waals surface area (Å²) in [6.07, 6.45) is 5.30. The van der Waals surface area contributed by atoms with Crippen LogP contribution in [0.25, 0.3) is 0 Å². The van der Waals surface area contributed by atoms with Crippen molar-refractivity contribution in [3.63, 3.8) is 0 Å². The molecule has 0 radical (unpaired) electrons. The summed E-state index contributed by atoms with van der Waals surface area (Å²) in [6.45, 7) is 7.77. The van der Waals surface area contributed by atoms with Gasteiger partial charge >= 0.3 is 0 Å². The van der Waals surface area contributed by atoms with Crippen LogP contribution in [0.1, 0.15) is 44.2 Å². The standard InChI is InChI=1S/C21H34N4O.HI/c1-3-21(10-7-11-21)17-24-20(22-2)23-16-19(18-8-5-4-6-9-18)25-12-14-26-15-13-25;/h4-6,8-9,19H,3,7,10-17H2,1-2H3,(H2,22,23,24);1H. The van der Waals surface area contributed by atoms with Gasteiger partial charge in [0.15, 0.2) is 5.96 Å². The minimum atomic E-state index is 0. The Kier molecular flexibility index (Phi) is 9.32. The maximum absolute atomic E-state index is 5.54. The van der Waals surface area contributed by atoms with E-state index in [2.05, 4.69) is 57.8 Å². The van der Waals surface area contributed by atoms with Gasteiger partial charge in [-0.2, -0.15) is 0 Å². The summed E-state index contributed by atoms with van der Waals surface area (Å²) in [5.41, 5.74) is 1.84. The summed E-state index contributed by atoms with van der Waals surface area (Å²) in [5.74, 6) is 0.916. The zero-order valence-electron chi connectivity index (χ0n) is 16.7. The Balaban J connectivity index is 0.00000261. The molecule has 1 aromatic rings. The molecular formula is C21H35IN4O. The fourth-order valence-corrected chi connectivity index (χ4v) is 4.04. The Morgan fingerprint density at radius 2 is 1.89 bits per heavy atom. The van der Waals surface area contributed by atoms with Crippen molar-refractivity contribution in [2.45, 2.75) is 38.6 Å². The lowest BCUT2D eigenvalue weighted by Gasteiger charge is -2.41. The number of hydrogen-bond donors (Lipinski definition) is 2. The van der Waals surface area contributed by atoms with Gasteiger partial charge in [0.25, 0.3) is 0 Å². The Bertz CT molecular complexity index is 565. The van der Waals surface area contributed by atoms with Crippen LogP contribution in [-0.4, -0.2) is 57.3 Å². The molecule has 1 aliphatic heterocycles. The molecule has 1 aromatic carbocycles. The largest absolute Gasteiger partial charge is 0.379 e. The van der Waals surface area contributed by atoms with Gasteiger partial charge in [0, 0.05) is 33.2 Å². The highest BCUT2D eigenvalue weighted by molar-refractivity contribution is 14.0. The van der Waals surface area contributed by atoms with Crippen LogP contribution < -0.4 is 10.6 Å². The number of benzene rings is 1. The van der Waals surface area contributed by atoms with Gasteiger partial charge in [-0.25, -0.2) is 0 Å². The molecule has 152 valence electrons. The first-order valence-corrected chi connectivity index (χ1v) is 10.1. The van der Waals surface area contributed by atoms with E-state index in [-0.39, 0.29) is 24.0 Å². The number of halogens is 1. The lowest BCUT2D eigenvalue weighted by Crippen LogP contribution is -2.49. The van der Waals surface area contributed by atoms with Gasteiger partial charge in [0.05, 0.1) is 19.3 Å². The second-order valence-electron chi connectivity index (χ2n) is 7.59. The first-order valence-electron chi connectivity index (χ1n) is 10.1. The van der Waals surface area contributed by atoms with E-state index in [1.165, 1.54) is 31.2 Å². The second kappa shape index (κ2) is 11.2. The number of rotatable bonds is 7.